The first kappa shape index (κ1) is 17.7. The normalized spacial score (nSPS) is 16.2. The standard InChI is InChI=1S/C16H16ClF3N4O/c17-11-1-2-12-13(7-11)22-9-23-14(12)21-8-10-3-5-24(6-4-10)15(25)16(18,19)20/h1-2,7,9-10H,3-6,8H2,(H,21,22,23). The molecule has 1 aliphatic heterocycles. The summed E-state index contributed by atoms with van der Waals surface area (Å²) in [4.78, 5) is 20.5. The third-order valence-corrected chi connectivity index (χ3v) is 4.54. The van der Waals surface area contributed by atoms with E-state index in [0.29, 0.717) is 30.2 Å². The third kappa shape index (κ3) is 4.12. The highest BCUT2D eigenvalue weighted by Crippen LogP contribution is 2.26. The minimum atomic E-state index is -4.80. The molecule has 5 nitrogen and oxygen atoms in total. The van der Waals surface area contributed by atoms with Crippen molar-refractivity contribution in [1.29, 1.82) is 0 Å². The van der Waals surface area contributed by atoms with Gasteiger partial charge in [0.2, 0.25) is 0 Å². The van der Waals surface area contributed by atoms with Crippen LogP contribution in [0.1, 0.15) is 12.8 Å². The number of alkyl halides is 3. The average molecular weight is 373 g/mol. The van der Waals surface area contributed by atoms with Gasteiger partial charge >= 0.3 is 12.1 Å². The Morgan fingerprint density at radius 1 is 1.28 bits per heavy atom. The minimum absolute atomic E-state index is 0.116. The number of fused-ring (bicyclic) bond motifs is 1. The number of nitrogens with one attached hydrogen (secondary N) is 1. The van der Waals surface area contributed by atoms with E-state index in [0.717, 1.165) is 15.8 Å². The molecule has 0 aliphatic carbocycles. The second-order valence-corrected chi connectivity index (χ2v) is 6.43. The first-order valence-electron chi connectivity index (χ1n) is 7.85. The van der Waals surface area contributed by atoms with Crippen molar-refractivity contribution < 1.29 is 18.0 Å². The fourth-order valence-electron chi connectivity index (χ4n) is 2.93. The van der Waals surface area contributed by atoms with Gasteiger partial charge in [-0.1, -0.05) is 11.6 Å². The lowest BCUT2D eigenvalue weighted by Crippen LogP contribution is -2.46. The molecule has 0 unspecified atom stereocenters. The zero-order valence-electron chi connectivity index (χ0n) is 13.2. The Kier molecular flexibility index (Phi) is 4.99. The van der Waals surface area contributed by atoms with Crippen LogP contribution in [0.25, 0.3) is 10.9 Å². The Balaban J connectivity index is 1.58. The summed E-state index contributed by atoms with van der Waals surface area (Å²) in [5.74, 6) is -0.914. The van der Waals surface area contributed by atoms with Crippen LogP contribution in [0.2, 0.25) is 5.02 Å². The average Bonchev–Trinajstić information content (AvgIpc) is 2.58. The van der Waals surface area contributed by atoms with Gasteiger partial charge in [0.1, 0.15) is 12.1 Å². The summed E-state index contributed by atoms with van der Waals surface area (Å²) in [5, 5.41) is 4.64. The fourth-order valence-corrected chi connectivity index (χ4v) is 3.10. The molecule has 0 saturated carbocycles. The van der Waals surface area contributed by atoms with Gasteiger partial charge < -0.3 is 10.2 Å². The molecule has 0 radical (unpaired) electrons. The van der Waals surface area contributed by atoms with E-state index in [2.05, 4.69) is 15.3 Å². The topological polar surface area (TPSA) is 58.1 Å². The van der Waals surface area contributed by atoms with E-state index in [4.69, 9.17) is 11.6 Å². The van der Waals surface area contributed by atoms with Crippen LogP contribution in [-0.4, -0.2) is 46.6 Å². The second kappa shape index (κ2) is 7.03. The van der Waals surface area contributed by atoms with Gasteiger partial charge in [-0.2, -0.15) is 13.2 Å². The summed E-state index contributed by atoms with van der Waals surface area (Å²) in [6, 6.07) is 5.31. The molecule has 3 rings (SSSR count). The number of aromatic nitrogens is 2. The SMILES string of the molecule is O=C(N1CCC(CNc2ncnc3cc(Cl)ccc23)CC1)C(F)(F)F. The lowest BCUT2D eigenvalue weighted by atomic mass is 9.96. The number of amides is 1. The third-order valence-electron chi connectivity index (χ3n) is 4.30. The molecule has 2 aromatic rings. The van der Waals surface area contributed by atoms with E-state index >= 15 is 0 Å². The van der Waals surface area contributed by atoms with Crippen molar-refractivity contribution in [2.24, 2.45) is 5.92 Å². The molecule has 1 aromatic carbocycles. The van der Waals surface area contributed by atoms with Crippen molar-refractivity contribution in [3.05, 3.63) is 29.5 Å². The van der Waals surface area contributed by atoms with Gasteiger partial charge in [0.05, 0.1) is 5.52 Å². The highest BCUT2D eigenvalue weighted by molar-refractivity contribution is 6.31. The van der Waals surface area contributed by atoms with E-state index in [1.165, 1.54) is 6.33 Å². The highest BCUT2D eigenvalue weighted by Gasteiger charge is 2.43. The fraction of sp³-hybridized carbons (Fsp3) is 0.438. The van der Waals surface area contributed by atoms with E-state index in [1.807, 2.05) is 6.07 Å². The smallest absolute Gasteiger partial charge is 0.369 e. The first-order valence-corrected chi connectivity index (χ1v) is 8.22. The van der Waals surface area contributed by atoms with E-state index < -0.39 is 12.1 Å². The van der Waals surface area contributed by atoms with Crippen molar-refractivity contribution in [3.63, 3.8) is 0 Å². The number of carbonyl (C=O) groups is 1. The summed E-state index contributed by atoms with van der Waals surface area (Å²) in [5.41, 5.74) is 0.718. The van der Waals surface area contributed by atoms with E-state index in [9.17, 15) is 18.0 Å². The molecule has 1 aromatic heterocycles. The van der Waals surface area contributed by atoms with Crippen molar-refractivity contribution >= 4 is 34.2 Å². The van der Waals surface area contributed by atoms with Crippen LogP contribution in [0.3, 0.4) is 0 Å². The zero-order valence-corrected chi connectivity index (χ0v) is 13.9. The molecule has 1 saturated heterocycles. The van der Waals surface area contributed by atoms with Gasteiger partial charge in [-0.15, -0.1) is 0 Å². The molecule has 0 spiro atoms. The van der Waals surface area contributed by atoms with Crippen LogP contribution in [0.5, 0.6) is 0 Å². The molecule has 0 atom stereocenters. The van der Waals surface area contributed by atoms with Gasteiger partial charge in [0.25, 0.3) is 0 Å². The van der Waals surface area contributed by atoms with E-state index in [-0.39, 0.29) is 19.0 Å². The molecule has 9 heteroatoms. The van der Waals surface area contributed by atoms with Crippen molar-refractivity contribution in [2.45, 2.75) is 19.0 Å². The number of carbonyl (C=O) groups excluding carboxylic acids is 1. The number of hydrogen-bond donors (Lipinski definition) is 1. The number of anilines is 1. The van der Waals surface area contributed by atoms with Gasteiger partial charge in [-0.05, 0) is 37.0 Å². The predicted octanol–water partition coefficient (Wildman–Crippen LogP) is 3.50. The Morgan fingerprint density at radius 2 is 2.00 bits per heavy atom. The Bertz CT molecular complexity index is 776. The summed E-state index contributed by atoms with van der Waals surface area (Å²) in [6.07, 6.45) is -2.33. The summed E-state index contributed by atoms with van der Waals surface area (Å²) >= 11 is 5.95. The number of benzene rings is 1. The highest BCUT2D eigenvalue weighted by atomic mass is 35.5. The van der Waals surface area contributed by atoms with Crippen molar-refractivity contribution in [3.8, 4) is 0 Å². The Hall–Kier alpha value is -2.09. The maximum absolute atomic E-state index is 12.4. The van der Waals surface area contributed by atoms with Crippen LogP contribution in [-0.2, 0) is 4.79 Å². The number of likely N-dealkylation sites (tertiary alicyclic amines) is 1. The number of hydrogen-bond acceptors (Lipinski definition) is 4. The molecule has 2 heterocycles. The van der Waals surface area contributed by atoms with Crippen LogP contribution in [0.15, 0.2) is 24.5 Å². The van der Waals surface area contributed by atoms with Gasteiger partial charge in [-0.25, -0.2) is 9.97 Å². The van der Waals surface area contributed by atoms with Crippen molar-refractivity contribution in [2.75, 3.05) is 25.0 Å². The number of nitrogens with zero attached hydrogens (tertiary/aromatic N) is 3. The zero-order chi connectivity index (χ0) is 18.0. The molecule has 0 bridgehead atoms. The minimum Gasteiger partial charge on any atom is -0.369 e. The Morgan fingerprint density at radius 3 is 2.68 bits per heavy atom. The van der Waals surface area contributed by atoms with Gasteiger partial charge in [0, 0.05) is 30.0 Å². The first-order chi connectivity index (χ1) is 11.8. The maximum atomic E-state index is 12.4. The quantitative estimate of drug-likeness (QED) is 0.896. The second-order valence-electron chi connectivity index (χ2n) is 6.00. The van der Waals surface area contributed by atoms with Crippen LogP contribution in [0.4, 0.5) is 19.0 Å². The molecule has 1 amide bonds. The maximum Gasteiger partial charge on any atom is 0.471 e. The number of halogens is 4. The molecule has 1 aliphatic rings. The number of rotatable bonds is 3. The van der Waals surface area contributed by atoms with Crippen LogP contribution < -0.4 is 5.32 Å². The van der Waals surface area contributed by atoms with Gasteiger partial charge in [-0.3, -0.25) is 4.79 Å². The lowest BCUT2D eigenvalue weighted by Gasteiger charge is -2.32. The molecule has 25 heavy (non-hydrogen) atoms. The summed E-state index contributed by atoms with van der Waals surface area (Å²) < 4.78 is 37.3. The predicted molar refractivity (Wildman–Crippen MR) is 88.4 cm³/mol. The monoisotopic (exact) mass is 372 g/mol. The largest absolute Gasteiger partial charge is 0.471 e. The number of piperidine rings is 1. The Labute approximate surface area is 147 Å². The molecule has 134 valence electrons. The summed E-state index contributed by atoms with van der Waals surface area (Å²) in [7, 11) is 0. The molecular formula is C16H16ClF3N4O. The van der Waals surface area contributed by atoms with E-state index in [1.54, 1.807) is 12.1 Å². The molecular weight excluding hydrogens is 357 g/mol. The molecule has 1 N–H and O–H groups in total. The lowest BCUT2D eigenvalue weighted by molar-refractivity contribution is -0.186. The van der Waals surface area contributed by atoms with Crippen LogP contribution in [0, 0.1) is 5.92 Å². The van der Waals surface area contributed by atoms with Crippen molar-refractivity contribution in [1.82, 2.24) is 14.9 Å². The van der Waals surface area contributed by atoms with Crippen LogP contribution >= 0.6 is 11.6 Å². The molecule has 1 fully saturated rings. The summed E-state index contributed by atoms with van der Waals surface area (Å²) in [6.45, 7) is 0.804. The van der Waals surface area contributed by atoms with Gasteiger partial charge in [0.15, 0.2) is 0 Å².